The predicted octanol–water partition coefficient (Wildman–Crippen LogP) is 2.27. The Morgan fingerprint density at radius 1 is 1.47 bits per heavy atom. The molecule has 0 spiro atoms. The Balaban J connectivity index is 2.81. The molecule has 0 amide bonds. The van der Waals surface area contributed by atoms with Gasteiger partial charge in [-0.05, 0) is 43.5 Å². The van der Waals surface area contributed by atoms with E-state index in [0.717, 1.165) is 17.7 Å². The van der Waals surface area contributed by atoms with Crippen LogP contribution in [0.4, 0.5) is 5.69 Å². The summed E-state index contributed by atoms with van der Waals surface area (Å²) in [7, 11) is 0. The van der Waals surface area contributed by atoms with Crippen LogP contribution in [0, 0.1) is 6.92 Å². The van der Waals surface area contributed by atoms with E-state index in [-0.39, 0.29) is 12.6 Å². The first-order valence-electron chi connectivity index (χ1n) is 5.79. The highest BCUT2D eigenvalue weighted by Gasteiger charge is 2.09. The van der Waals surface area contributed by atoms with Crippen LogP contribution in [0.3, 0.4) is 0 Å². The van der Waals surface area contributed by atoms with Crippen molar-refractivity contribution >= 4 is 11.7 Å². The highest BCUT2D eigenvalue weighted by atomic mass is 16.4. The largest absolute Gasteiger partial charge is 0.478 e. The number of aliphatic hydroxyl groups is 1. The van der Waals surface area contributed by atoms with Crippen LogP contribution in [0.1, 0.15) is 35.7 Å². The van der Waals surface area contributed by atoms with Crippen LogP contribution in [0.2, 0.25) is 0 Å². The second-order valence-corrected chi connectivity index (χ2v) is 4.10. The van der Waals surface area contributed by atoms with Crippen LogP contribution in [-0.2, 0) is 0 Å². The lowest BCUT2D eigenvalue weighted by Crippen LogP contribution is -2.20. The summed E-state index contributed by atoms with van der Waals surface area (Å²) in [6, 6.07) is 5.23. The van der Waals surface area contributed by atoms with Crippen molar-refractivity contribution in [2.45, 2.75) is 32.7 Å². The smallest absolute Gasteiger partial charge is 0.335 e. The van der Waals surface area contributed by atoms with Crippen LogP contribution < -0.4 is 5.32 Å². The first-order valence-corrected chi connectivity index (χ1v) is 5.79. The molecule has 0 aliphatic rings. The van der Waals surface area contributed by atoms with E-state index < -0.39 is 5.97 Å². The summed E-state index contributed by atoms with van der Waals surface area (Å²) in [5.74, 6) is -0.915. The van der Waals surface area contributed by atoms with Gasteiger partial charge in [0.25, 0.3) is 0 Å². The fraction of sp³-hybridized carbons (Fsp3) is 0.462. The monoisotopic (exact) mass is 237 g/mol. The third-order valence-corrected chi connectivity index (χ3v) is 2.80. The molecule has 17 heavy (non-hydrogen) atoms. The SMILES string of the molecule is CCC(CCO)Nc1ccc(C(=O)O)cc1C. The van der Waals surface area contributed by atoms with Gasteiger partial charge in [-0.2, -0.15) is 0 Å². The maximum absolute atomic E-state index is 10.8. The molecular weight excluding hydrogens is 218 g/mol. The molecule has 0 bridgehead atoms. The molecule has 0 aliphatic heterocycles. The average Bonchev–Trinajstić information content (AvgIpc) is 2.30. The lowest BCUT2D eigenvalue weighted by Gasteiger charge is -2.19. The minimum absolute atomic E-state index is 0.151. The maximum Gasteiger partial charge on any atom is 0.335 e. The van der Waals surface area contributed by atoms with Crippen molar-refractivity contribution in [3.63, 3.8) is 0 Å². The molecule has 1 aromatic rings. The Morgan fingerprint density at radius 2 is 2.18 bits per heavy atom. The minimum Gasteiger partial charge on any atom is -0.478 e. The Labute approximate surface area is 101 Å². The van der Waals surface area contributed by atoms with Gasteiger partial charge in [-0.15, -0.1) is 0 Å². The number of aromatic carboxylic acids is 1. The number of aliphatic hydroxyl groups excluding tert-OH is 1. The normalized spacial score (nSPS) is 12.2. The molecule has 0 fully saturated rings. The van der Waals surface area contributed by atoms with Gasteiger partial charge in [-0.25, -0.2) is 4.79 Å². The van der Waals surface area contributed by atoms with Gasteiger partial charge in [-0.1, -0.05) is 6.92 Å². The summed E-state index contributed by atoms with van der Waals surface area (Å²) < 4.78 is 0. The number of rotatable bonds is 6. The lowest BCUT2D eigenvalue weighted by atomic mass is 10.1. The fourth-order valence-electron chi connectivity index (χ4n) is 1.71. The Morgan fingerprint density at radius 3 is 2.65 bits per heavy atom. The molecule has 1 aromatic carbocycles. The van der Waals surface area contributed by atoms with Crippen molar-refractivity contribution in [3.05, 3.63) is 29.3 Å². The number of hydrogen-bond donors (Lipinski definition) is 3. The van der Waals surface area contributed by atoms with Crippen LogP contribution in [0.25, 0.3) is 0 Å². The van der Waals surface area contributed by atoms with E-state index in [1.165, 1.54) is 0 Å². The average molecular weight is 237 g/mol. The van der Waals surface area contributed by atoms with Gasteiger partial charge < -0.3 is 15.5 Å². The van der Waals surface area contributed by atoms with E-state index in [9.17, 15) is 4.79 Å². The molecule has 1 atom stereocenters. The van der Waals surface area contributed by atoms with Crippen LogP contribution >= 0.6 is 0 Å². The molecule has 0 heterocycles. The quantitative estimate of drug-likeness (QED) is 0.710. The third-order valence-electron chi connectivity index (χ3n) is 2.80. The van der Waals surface area contributed by atoms with Gasteiger partial charge in [-0.3, -0.25) is 0 Å². The van der Waals surface area contributed by atoms with Crippen molar-refractivity contribution in [3.8, 4) is 0 Å². The van der Waals surface area contributed by atoms with E-state index in [0.29, 0.717) is 12.0 Å². The molecule has 1 unspecified atom stereocenters. The molecule has 0 radical (unpaired) electrons. The first kappa shape index (κ1) is 13.5. The molecule has 4 heteroatoms. The Kier molecular flexibility index (Phi) is 4.97. The third kappa shape index (κ3) is 3.75. The van der Waals surface area contributed by atoms with Gasteiger partial charge in [0.1, 0.15) is 0 Å². The number of carboxylic acid groups (broad SMARTS) is 1. The molecule has 0 saturated carbocycles. The minimum atomic E-state index is -0.915. The number of hydrogen-bond acceptors (Lipinski definition) is 3. The number of aryl methyl sites for hydroxylation is 1. The summed E-state index contributed by atoms with van der Waals surface area (Å²) in [4.78, 5) is 10.8. The summed E-state index contributed by atoms with van der Waals surface area (Å²) in [6.45, 7) is 4.08. The van der Waals surface area contributed by atoms with Crippen LogP contribution in [-0.4, -0.2) is 28.8 Å². The molecule has 3 N–H and O–H groups in total. The van der Waals surface area contributed by atoms with Crippen molar-refractivity contribution in [2.75, 3.05) is 11.9 Å². The number of carbonyl (C=O) groups is 1. The number of anilines is 1. The molecule has 0 saturated heterocycles. The van der Waals surface area contributed by atoms with E-state index in [1.54, 1.807) is 18.2 Å². The van der Waals surface area contributed by atoms with Crippen molar-refractivity contribution in [2.24, 2.45) is 0 Å². The van der Waals surface area contributed by atoms with Crippen LogP contribution in [0.5, 0.6) is 0 Å². The summed E-state index contributed by atoms with van der Waals surface area (Å²) in [5.41, 5.74) is 2.12. The van der Waals surface area contributed by atoms with E-state index in [2.05, 4.69) is 5.32 Å². The number of benzene rings is 1. The van der Waals surface area contributed by atoms with Crippen molar-refractivity contribution in [1.29, 1.82) is 0 Å². The second kappa shape index (κ2) is 6.25. The molecule has 0 aliphatic carbocycles. The Hall–Kier alpha value is -1.55. The zero-order valence-corrected chi connectivity index (χ0v) is 10.2. The van der Waals surface area contributed by atoms with Crippen LogP contribution in [0.15, 0.2) is 18.2 Å². The van der Waals surface area contributed by atoms with Gasteiger partial charge in [0.15, 0.2) is 0 Å². The molecule has 94 valence electrons. The van der Waals surface area contributed by atoms with Gasteiger partial charge in [0.2, 0.25) is 0 Å². The highest BCUT2D eigenvalue weighted by Crippen LogP contribution is 2.19. The molecule has 1 rings (SSSR count). The fourth-order valence-corrected chi connectivity index (χ4v) is 1.71. The van der Waals surface area contributed by atoms with Crippen molar-refractivity contribution < 1.29 is 15.0 Å². The van der Waals surface area contributed by atoms with E-state index in [4.69, 9.17) is 10.2 Å². The van der Waals surface area contributed by atoms with E-state index in [1.807, 2.05) is 13.8 Å². The van der Waals surface area contributed by atoms with Crippen molar-refractivity contribution in [1.82, 2.24) is 0 Å². The predicted molar refractivity (Wildman–Crippen MR) is 67.5 cm³/mol. The van der Waals surface area contributed by atoms with Gasteiger partial charge >= 0.3 is 5.97 Å². The molecular formula is C13H19NO3. The second-order valence-electron chi connectivity index (χ2n) is 4.10. The standard InChI is InChI=1S/C13H19NO3/c1-3-11(6-7-15)14-12-5-4-10(13(16)17)8-9(12)2/h4-5,8,11,14-15H,3,6-7H2,1-2H3,(H,16,17). The highest BCUT2D eigenvalue weighted by molar-refractivity contribution is 5.88. The van der Waals surface area contributed by atoms with Gasteiger partial charge in [0, 0.05) is 18.3 Å². The number of nitrogens with one attached hydrogen (secondary N) is 1. The maximum atomic E-state index is 10.8. The summed E-state index contributed by atoms with van der Waals surface area (Å²) in [5, 5.41) is 21.1. The summed E-state index contributed by atoms with van der Waals surface area (Å²) in [6.07, 6.45) is 1.61. The zero-order chi connectivity index (χ0) is 12.8. The first-order chi connectivity index (χ1) is 8.08. The number of carboxylic acids is 1. The Bertz CT molecular complexity index is 390. The molecule has 0 aromatic heterocycles. The van der Waals surface area contributed by atoms with Gasteiger partial charge in [0.05, 0.1) is 5.56 Å². The summed E-state index contributed by atoms with van der Waals surface area (Å²) >= 11 is 0. The van der Waals surface area contributed by atoms with E-state index >= 15 is 0 Å². The topological polar surface area (TPSA) is 69.6 Å². The molecule has 4 nitrogen and oxygen atoms in total. The lowest BCUT2D eigenvalue weighted by molar-refractivity contribution is 0.0697. The zero-order valence-electron chi connectivity index (χ0n) is 10.2.